The Hall–Kier alpha value is -2.08. The van der Waals surface area contributed by atoms with E-state index in [4.69, 9.17) is 4.74 Å². The van der Waals surface area contributed by atoms with E-state index in [2.05, 4.69) is 9.97 Å². The summed E-state index contributed by atoms with van der Waals surface area (Å²) in [6.45, 7) is 2.24. The van der Waals surface area contributed by atoms with E-state index in [1.54, 1.807) is 18.6 Å². The van der Waals surface area contributed by atoms with Crippen LogP contribution in [0.5, 0.6) is 5.75 Å². The fraction of sp³-hybridized carbons (Fsp3) is 0.375. The molecule has 0 unspecified atom stereocenters. The maximum Gasteiger partial charge on any atom is 0.167 e. The summed E-state index contributed by atoms with van der Waals surface area (Å²) in [6, 6.07) is 2.60. The molecule has 2 rings (SSSR count). The van der Waals surface area contributed by atoms with Crippen molar-refractivity contribution in [3.05, 3.63) is 53.6 Å². The van der Waals surface area contributed by atoms with Gasteiger partial charge in [-0.15, -0.1) is 0 Å². The molecule has 1 heterocycles. The Morgan fingerprint density at radius 2 is 2.05 bits per heavy atom. The van der Waals surface area contributed by atoms with Crippen molar-refractivity contribution < 1.29 is 13.5 Å². The number of benzene rings is 1. The first-order chi connectivity index (χ1) is 10.5. The summed E-state index contributed by atoms with van der Waals surface area (Å²) >= 11 is 0. The maximum absolute atomic E-state index is 14.0. The zero-order chi connectivity index (χ0) is 16.1. The lowest BCUT2D eigenvalue weighted by Gasteiger charge is -2.25. The highest BCUT2D eigenvalue weighted by atomic mass is 19.2. The van der Waals surface area contributed by atoms with E-state index < -0.39 is 11.6 Å². The van der Waals surface area contributed by atoms with Gasteiger partial charge in [-0.05, 0) is 26.1 Å². The van der Waals surface area contributed by atoms with Gasteiger partial charge in [-0.1, -0.05) is 0 Å². The van der Waals surface area contributed by atoms with Gasteiger partial charge in [0.2, 0.25) is 0 Å². The van der Waals surface area contributed by atoms with E-state index in [9.17, 15) is 8.78 Å². The van der Waals surface area contributed by atoms with Crippen LogP contribution in [0, 0.1) is 11.6 Å². The minimum atomic E-state index is -0.870. The zero-order valence-electron chi connectivity index (χ0n) is 12.9. The second kappa shape index (κ2) is 7.26. The van der Waals surface area contributed by atoms with Gasteiger partial charge in [-0.2, -0.15) is 0 Å². The fourth-order valence-corrected chi connectivity index (χ4v) is 2.21. The molecular formula is C16H19F2N3O. The van der Waals surface area contributed by atoms with Gasteiger partial charge in [0.15, 0.2) is 11.6 Å². The molecule has 0 amide bonds. The number of nitrogens with zero attached hydrogens (tertiary/aromatic N) is 3. The third-order valence-corrected chi connectivity index (χ3v) is 3.65. The van der Waals surface area contributed by atoms with Crippen LogP contribution in [0.1, 0.15) is 18.2 Å². The van der Waals surface area contributed by atoms with E-state index >= 15 is 0 Å². The number of hydrogen-bond donors (Lipinski definition) is 0. The van der Waals surface area contributed by atoms with Crippen molar-refractivity contribution in [1.29, 1.82) is 0 Å². The van der Waals surface area contributed by atoms with Crippen molar-refractivity contribution in [2.45, 2.75) is 25.9 Å². The van der Waals surface area contributed by atoms with Gasteiger partial charge in [-0.3, -0.25) is 14.9 Å². The van der Waals surface area contributed by atoms with Gasteiger partial charge >= 0.3 is 0 Å². The van der Waals surface area contributed by atoms with Gasteiger partial charge in [0.1, 0.15) is 5.75 Å². The SMILES string of the molecule is COc1ccc(F)c(F)c1CN(C)[C@H](C)Cc1cnccn1. The standard InChI is InChI=1S/C16H19F2N3O/c1-11(8-12-9-19-6-7-20-12)21(2)10-13-15(22-3)5-4-14(17)16(13)18/h4-7,9,11H,8,10H2,1-3H3/t11-/m1/s1. The van der Waals surface area contributed by atoms with Crippen molar-refractivity contribution in [2.75, 3.05) is 14.2 Å². The molecule has 0 bridgehead atoms. The molecule has 0 N–H and O–H groups in total. The van der Waals surface area contributed by atoms with Gasteiger partial charge in [0.25, 0.3) is 0 Å². The summed E-state index contributed by atoms with van der Waals surface area (Å²) in [4.78, 5) is 10.2. The number of rotatable bonds is 6. The number of likely N-dealkylation sites (N-methyl/N-ethyl adjacent to an activating group) is 1. The first kappa shape index (κ1) is 16.3. The zero-order valence-corrected chi connectivity index (χ0v) is 12.9. The van der Waals surface area contributed by atoms with E-state index in [1.807, 2.05) is 18.9 Å². The van der Waals surface area contributed by atoms with Gasteiger partial charge in [-0.25, -0.2) is 8.78 Å². The largest absolute Gasteiger partial charge is 0.496 e. The minimum absolute atomic E-state index is 0.0871. The molecule has 0 spiro atoms. The number of ether oxygens (including phenoxy) is 1. The van der Waals surface area contributed by atoms with Gasteiger partial charge in [0.05, 0.1) is 12.8 Å². The third-order valence-electron chi connectivity index (χ3n) is 3.65. The Balaban J connectivity index is 2.11. The molecule has 0 aliphatic carbocycles. The molecule has 6 heteroatoms. The molecule has 1 aromatic carbocycles. The molecule has 1 atom stereocenters. The smallest absolute Gasteiger partial charge is 0.167 e. The lowest BCUT2D eigenvalue weighted by molar-refractivity contribution is 0.238. The fourth-order valence-electron chi connectivity index (χ4n) is 2.21. The summed E-state index contributed by atoms with van der Waals surface area (Å²) in [5, 5.41) is 0. The average molecular weight is 307 g/mol. The second-order valence-corrected chi connectivity index (χ2v) is 5.21. The average Bonchev–Trinajstić information content (AvgIpc) is 2.53. The first-order valence-corrected chi connectivity index (χ1v) is 6.99. The van der Waals surface area contributed by atoms with Crippen LogP contribution in [-0.4, -0.2) is 35.1 Å². The highest BCUT2D eigenvalue weighted by molar-refractivity contribution is 5.35. The molecule has 2 aromatic rings. The Kier molecular flexibility index (Phi) is 5.38. The van der Waals surface area contributed by atoms with E-state index in [0.717, 1.165) is 11.8 Å². The summed E-state index contributed by atoms with van der Waals surface area (Å²) in [6.07, 6.45) is 5.62. The Bertz CT molecular complexity index is 622. The quantitative estimate of drug-likeness (QED) is 0.822. The molecule has 0 radical (unpaired) electrons. The lowest BCUT2D eigenvalue weighted by atomic mass is 10.1. The summed E-state index contributed by atoms with van der Waals surface area (Å²) in [7, 11) is 3.30. The Morgan fingerprint density at radius 1 is 1.27 bits per heavy atom. The molecule has 22 heavy (non-hydrogen) atoms. The normalized spacial score (nSPS) is 12.5. The van der Waals surface area contributed by atoms with Crippen LogP contribution < -0.4 is 4.74 Å². The summed E-state index contributed by atoms with van der Waals surface area (Å²) in [5.41, 5.74) is 1.07. The number of methoxy groups -OCH3 is 1. The molecule has 0 saturated heterocycles. The predicted molar refractivity (Wildman–Crippen MR) is 79.6 cm³/mol. The van der Waals surface area contributed by atoms with Crippen LogP contribution in [0.4, 0.5) is 8.78 Å². The van der Waals surface area contributed by atoms with Crippen LogP contribution >= 0.6 is 0 Å². The van der Waals surface area contributed by atoms with Crippen molar-refractivity contribution in [2.24, 2.45) is 0 Å². The molecule has 0 aliphatic heterocycles. The Labute approximate surface area is 128 Å². The van der Waals surface area contributed by atoms with E-state index in [0.29, 0.717) is 12.2 Å². The number of aromatic nitrogens is 2. The molecule has 0 fully saturated rings. The Morgan fingerprint density at radius 3 is 2.68 bits per heavy atom. The highest BCUT2D eigenvalue weighted by Crippen LogP contribution is 2.25. The molecule has 0 saturated carbocycles. The third kappa shape index (κ3) is 3.76. The van der Waals surface area contributed by atoms with E-state index in [1.165, 1.54) is 13.2 Å². The van der Waals surface area contributed by atoms with Crippen LogP contribution in [0.25, 0.3) is 0 Å². The van der Waals surface area contributed by atoms with Crippen molar-refractivity contribution in [3.8, 4) is 5.75 Å². The van der Waals surface area contributed by atoms with E-state index in [-0.39, 0.29) is 18.2 Å². The van der Waals surface area contributed by atoms with Gasteiger partial charge in [0, 0.05) is 43.2 Å². The van der Waals surface area contributed by atoms with Crippen LogP contribution in [0.2, 0.25) is 0 Å². The molecule has 1 aromatic heterocycles. The lowest BCUT2D eigenvalue weighted by Crippen LogP contribution is -2.31. The first-order valence-electron chi connectivity index (χ1n) is 6.99. The van der Waals surface area contributed by atoms with Crippen LogP contribution in [0.3, 0.4) is 0 Å². The van der Waals surface area contributed by atoms with Gasteiger partial charge < -0.3 is 4.74 Å². The maximum atomic E-state index is 14.0. The monoisotopic (exact) mass is 307 g/mol. The molecule has 118 valence electrons. The van der Waals surface area contributed by atoms with Crippen molar-refractivity contribution in [1.82, 2.24) is 14.9 Å². The predicted octanol–water partition coefficient (Wildman–Crippen LogP) is 2.83. The summed E-state index contributed by atoms with van der Waals surface area (Å²) < 4.78 is 32.5. The highest BCUT2D eigenvalue weighted by Gasteiger charge is 2.19. The van der Waals surface area contributed by atoms with Crippen molar-refractivity contribution in [3.63, 3.8) is 0 Å². The van der Waals surface area contributed by atoms with Crippen LogP contribution in [-0.2, 0) is 13.0 Å². The summed E-state index contributed by atoms with van der Waals surface area (Å²) in [5.74, 6) is -1.39. The molecule has 0 aliphatic rings. The molecule has 4 nitrogen and oxygen atoms in total. The number of hydrogen-bond acceptors (Lipinski definition) is 4. The topological polar surface area (TPSA) is 38.2 Å². The van der Waals surface area contributed by atoms with Crippen LogP contribution in [0.15, 0.2) is 30.7 Å². The number of halogens is 2. The minimum Gasteiger partial charge on any atom is -0.496 e. The molecular weight excluding hydrogens is 288 g/mol. The van der Waals surface area contributed by atoms with Crippen molar-refractivity contribution >= 4 is 0 Å². The second-order valence-electron chi connectivity index (χ2n) is 5.21.